The Bertz CT molecular complexity index is 335. The van der Waals surface area contributed by atoms with Gasteiger partial charge < -0.3 is 9.47 Å². The summed E-state index contributed by atoms with van der Waals surface area (Å²) in [5.74, 6) is -2.34. The van der Waals surface area contributed by atoms with Crippen molar-refractivity contribution >= 4 is 23.6 Å². The smallest absolute Gasteiger partial charge is 0.315 e. The number of aliphatic imine (C=N–C) groups is 1. The Morgan fingerprint density at radius 1 is 1.29 bits per heavy atom. The number of carbonyl (C=O) groups is 3. The lowest BCUT2D eigenvalue weighted by atomic mass is 10.1. The minimum atomic E-state index is -0.657. The molecular formula is C11H17NO5. The lowest BCUT2D eigenvalue weighted by Gasteiger charge is -2.09. The van der Waals surface area contributed by atoms with Gasteiger partial charge in [0.2, 0.25) is 0 Å². The van der Waals surface area contributed by atoms with E-state index in [2.05, 4.69) is 9.73 Å². The third kappa shape index (κ3) is 5.79. The Morgan fingerprint density at radius 2 is 1.88 bits per heavy atom. The predicted octanol–water partition coefficient (Wildman–Crippen LogP) is 0.736. The van der Waals surface area contributed by atoms with Gasteiger partial charge in [-0.2, -0.15) is 0 Å². The summed E-state index contributed by atoms with van der Waals surface area (Å²) in [7, 11) is 1.19. The van der Waals surface area contributed by atoms with Gasteiger partial charge in [0, 0.05) is 5.71 Å². The fraction of sp³-hybridized carbons (Fsp3) is 0.636. The van der Waals surface area contributed by atoms with Gasteiger partial charge in [0.15, 0.2) is 0 Å². The van der Waals surface area contributed by atoms with E-state index >= 15 is 0 Å². The number of hydrogen-bond donors (Lipinski definition) is 0. The van der Waals surface area contributed by atoms with E-state index in [1.807, 2.05) is 0 Å². The average Bonchev–Trinajstić information content (AvgIpc) is 2.27. The van der Waals surface area contributed by atoms with Crippen molar-refractivity contribution in [1.29, 1.82) is 0 Å². The maximum Gasteiger partial charge on any atom is 0.315 e. The highest BCUT2D eigenvalue weighted by Gasteiger charge is 2.18. The molecule has 0 aliphatic rings. The van der Waals surface area contributed by atoms with Crippen molar-refractivity contribution in [2.75, 3.05) is 13.7 Å². The zero-order valence-electron chi connectivity index (χ0n) is 10.5. The molecule has 6 nitrogen and oxygen atoms in total. The topological polar surface area (TPSA) is 82.0 Å². The van der Waals surface area contributed by atoms with Gasteiger partial charge in [0.25, 0.3) is 5.91 Å². The monoisotopic (exact) mass is 243 g/mol. The van der Waals surface area contributed by atoms with Crippen molar-refractivity contribution in [2.45, 2.75) is 27.2 Å². The molecule has 0 saturated heterocycles. The molecular weight excluding hydrogens is 226 g/mol. The second-order valence-corrected chi connectivity index (χ2v) is 3.37. The molecule has 0 heterocycles. The van der Waals surface area contributed by atoms with Gasteiger partial charge >= 0.3 is 11.9 Å². The highest BCUT2D eigenvalue weighted by molar-refractivity contribution is 6.07. The molecule has 0 spiro atoms. The van der Waals surface area contributed by atoms with Gasteiger partial charge in [-0.25, -0.2) is 4.99 Å². The van der Waals surface area contributed by atoms with E-state index < -0.39 is 30.2 Å². The van der Waals surface area contributed by atoms with Gasteiger partial charge in [-0.15, -0.1) is 0 Å². The summed E-state index contributed by atoms with van der Waals surface area (Å²) in [6, 6.07) is 0. The Balaban J connectivity index is 4.47. The van der Waals surface area contributed by atoms with Crippen LogP contribution in [-0.4, -0.2) is 37.3 Å². The molecule has 0 aromatic heterocycles. The molecule has 1 unspecified atom stereocenters. The van der Waals surface area contributed by atoms with E-state index in [0.29, 0.717) is 5.71 Å². The molecule has 6 heteroatoms. The van der Waals surface area contributed by atoms with Gasteiger partial charge in [0.1, 0.15) is 6.42 Å². The first kappa shape index (κ1) is 15.3. The summed E-state index contributed by atoms with van der Waals surface area (Å²) >= 11 is 0. The molecule has 0 aromatic carbocycles. The zero-order valence-corrected chi connectivity index (χ0v) is 10.5. The number of ether oxygens (including phenoxy) is 2. The highest BCUT2D eigenvalue weighted by atomic mass is 16.5. The van der Waals surface area contributed by atoms with Crippen LogP contribution >= 0.6 is 0 Å². The van der Waals surface area contributed by atoms with Crippen molar-refractivity contribution in [3.8, 4) is 0 Å². The highest BCUT2D eigenvalue weighted by Crippen LogP contribution is 2.03. The van der Waals surface area contributed by atoms with Crippen LogP contribution in [0.3, 0.4) is 0 Å². The second kappa shape index (κ2) is 7.54. The van der Waals surface area contributed by atoms with Crippen molar-refractivity contribution in [1.82, 2.24) is 0 Å². The van der Waals surface area contributed by atoms with Gasteiger partial charge in [0.05, 0.1) is 19.6 Å². The summed E-state index contributed by atoms with van der Waals surface area (Å²) < 4.78 is 9.11. The maximum absolute atomic E-state index is 11.3. The largest absolute Gasteiger partial charge is 0.469 e. The predicted molar refractivity (Wildman–Crippen MR) is 60.5 cm³/mol. The van der Waals surface area contributed by atoms with Crippen molar-refractivity contribution < 1.29 is 23.9 Å². The summed E-state index contributed by atoms with van der Waals surface area (Å²) in [4.78, 5) is 37.1. The SMILES string of the molecule is CCOC(=O)C(C)/C(C)=N/C(=O)CC(=O)OC. The molecule has 0 fully saturated rings. The van der Waals surface area contributed by atoms with Crippen LogP contribution < -0.4 is 0 Å². The van der Waals surface area contributed by atoms with E-state index in [1.165, 1.54) is 14.0 Å². The Morgan fingerprint density at radius 3 is 2.35 bits per heavy atom. The van der Waals surface area contributed by atoms with Crippen LogP contribution in [0.15, 0.2) is 4.99 Å². The molecule has 1 atom stereocenters. The second-order valence-electron chi connectivity index (χ2n) is 3.37. The standard InChI is InChI=1S/C11H17NO5/c1-5-17-11(15)7(2)8(3)12-9(13)6-10(14)16-4/h7H,5-6H2,1-4H3/b12-8+. The number of esters is 2. The molecule has 1 amide bonds. The number of nitrogens with zero attached hydrogens (tertiary/aromatic N) is 1. The van der Waals surface area contributed by atoms with E-state index in [1.54, 1.807) is 13.8 Å². The number of carbonyl (C=O) groups excluding carboxylic acids is 3. The minimum absolute atomic E-state index is 0.270. The minimum Gasteiger partial charge on any atom is -0.469 e. The van der Waals surface area contributed by atoms with Gasteiger partial charge in [-0.3, -0.25) is 14.4 Å². The van der Waals surface area contributed by atoms with Crippen LogP contribution in [0.5, 0.6) is 0 Å². The van der Waals surface area contributed by atoms with E-state index in [4.69, 9.17) is 4.74 Å². The van der Waals surface area contributed by atoms with Crippen LogP contribution in [-0.2, 0) is 23.9 Å². The van der Waals surface area contributed by atoms with E-state index in [-0.39, 0.29) is 6.61 Å². The molecule has 0 aliphatic carbocycles. The Kier molecular flexibility index (Phi) is 6.77. The molecule has 17 heavy (non-hydrogen) atoms. The molecule has 0 rings (SSSR count). The molecule has 0 radical (unpaired) electrons. The third-order valence-corrected chi connectivity index (χ3v) is 2.09. The lowest BCUT2D eigenvalue weighted by molar-refractivity contribution is -0.145. The van der Waals surface area contributed by atoms with Crippen molar-refractivity contribution in [3.63, 3.8) is 0 Å². The fourth-order valence-corrected chi connectivity index (χ4v) is 0.967. The van der Waals surface area contributed by atoms with Crippen LogP contribution in [0.2, 0.25) is 0 Å². The fourth-order valence-electron chi connectivity index (χ4n) is 0.967. The molecule has 0 aromatic rings. The Labute approximate surface area is 100.0 Å². The first-order valence-corrected chi connectivity index (χ1v) is 5.23. The summed E-state index contributed by atoms with van der Waals surface area (Å²) in [5.41, 5.74) is 0.317. The summed E-state index contributed by atoms with van der Waals surface area (Å²) in [5, 5.41) is 0. The van der Waals surface area contributed by atoms with E-state index in [9.17, 15) is 14.4 Å². The van der Waals surface area contributed by atoms with Crippen LogP contribution in [0, 0.1) is 5.92 Å². The molecule has 0 bridgehead atoms. The molecule has 0 saturated carbocycles. The maximum atomic E-state index is 11.3. The van der Waals surface area contributed by atoms with Gasteiger partial charge in [-0.1, -0.05) is 0 Å². The summed E-state index contributed by atoms with van der Waals surface area (Å²) in [6.45, 7) is 5.09. The van der Waals surface area contributed by atoms with E-state index in [0.717, 1.165) is 0 Å². The third-order valence-electron chi connectivity index (χ3n) is 2.09. The van der Waals surface area contributed by atoms with Crippen LogP contribution in [0.1, 0.15) is 27.2 Å². The van der Waals surface area contributed by atoms with Crippen molar-refractivity contribution in [3.05, 3.63) is 0 Å². The Hall–Kier alpha value is -1.72. The first-order chi connectivity index (χ1) is 7.92. The lowest BCUT2D eigenvalue weighted by Crippen LogP contribution is -2.22. The quantitative estimate of drug-likeness (QED) is 0.404. The molecule has 0 N–H and O–H groups in total. The number of methoxy groups -OCH3 is 1. The first-order valence-electron chi connectivity index (χ1n) is 5.23. The average molecular weight is 243 g/mol. The van der Waals surface area contributed by atoms with Crippen LogP contribution in [0.4, 0.5) is 0 Å². The number of hydrogen-bond acceptors (Lipinski definition) is 5. The normalized spacial score (nSPS) is 12.8. The number of rotatable bonds is 5. The summed E-state index contributed by atoms with van der Waals surface area (Å²) in [6.07, 6.45) is -0.427. The van der Waals surface area contributed by atoms with Gasteiger partial charge in [-0.05, 0) is 20.8 Å². The number of amides is 1. The molecule has 96 valence electrons. The molecule has 0 aliphatic heterocycles. The van der Waals surface area contributed by atoms with Crippen LogP contribution in [0.25, 0.3) is 0 Å². The van der Waals surface area contributed by atoms with Crippen molar-refractivity contribution in [2.24, 2.45) is 10.9 Å². The zero-order chi connectivity index (χ0) is 13.4.